The molecule has 2 atom stereocenters. The van der Waals surface area contributed by atoms with Crippen LogP contribution in [0.3, 0.4) is 0 Å². The average molecular weight is 137 g/mol. The fraction of sp³-hybridized carbons (Fsp3) is 0.900. The molecule has 0 aromatic rings. The highest BCUT2D eigenvalue weighted by atomic mass is 14.5. The van der Waals surface area contributed by atoms with Gasteiger partial charge in [0.25, 0.3) is 0 Å². The van der Waals surface area contributed by atoms with Crippen LogP contribution in [0.1, 0.15) is 39.5 Å². The molecular weight excluding hydrogens is 120 g/mol. The van der Waals surface area contributed by atoms with Crippen molar-refractivity contribution in [3.05, 3.63) is 6.42 Å². The zero-order valence-corrected chi connectivity index (χ0v) is 7.06. The Morgan fingerprint density at radius 2 is 2.30 bits per heavy atom. The molecule has 0 aliphatic heterocycles. The van der Waals surface area contributed by atoms with Crippen LogP contribution in [0, 0.1) is 23.7 Å². The number of rotatable bonds is 1. The molecule has 0 heteroatoms. The van der Waals surface area contributed by atoms with Gasteiger partial charge >= 0.3 is 0 Å². The molecule has 1 radical (unpaired) electrons. The lowest BCUT2D eigenvalue weighted by molar-refractivity contribution is 0.259. The molecule has 0 aromatic carbocycles. The van der Waals surface area contributed by atoms with Gasteiger partial charge in [-0.2, -0.15) is 0 Å². The maximum absolute atomic E-state index is 2.60. The van der Waals surface area contributed by atoms with Gasteiger partial charge in [0, 0.05) is 0 Å². The van der Waals surface area contributed by atoms with E-state index < -0.39 is 0 Å². The predicted octanol–water partition coefficient (Wildman–Crippen LogP) is 3.04. The summed E-state index contributed by atoms with van der Waals surface area (Å²) in [5.74, 6) is 1.96. The van der Waals surface area contributed by atoms with Crippen LogP contribution in [-0.4, -0.2) is 0 Å². The van der Waals surface area contributed by atoms with Crippen molar-refractivity contribution >= 4 is 0 Å². The third-order valence-corrected chi connectivity index (χ3v) is 3.69. The highest BCUT2D eigenvalue weighted by molar-refractivity contribution is 5.07. The van der Waals surface area contributed by atoms with Crippen molar-refractivity contribution in [1.82, 2.24) is 0 Å². The van der Waals surface area contributed by atoms with Crippen molar-refractivity contribution in [1.29, 1.82) is 0 Å². The van der Waals surface area contributed by atoms with Crippen LogP contribution in [-0.2, 0) is 0 Å². The van der Waals surface area contributed by atoms with Crippen molar-refractivity contribution in [3.8, 4) is 0 Å². The molecule has 2 bridgehead atoms. The molecule has 57 valence electrons. The average Bonchev–Trinajstić information content (AvgIpc) is 2.45. The largest absolute Gasteiger partial charge is 0.0622 e. The van der Waals surface area contributed by atoms with Crippen LogP contribution in [0.15, 0.2) is 0 Å². The van der Waals surface area contributed by atoms with Gasteiger partial charge in [0.15, 0.2) is 0 Å². The third kappa shape index (κ3) is 0.741. The third-order valence-electron chi connectivity index (χ3n) is 3.69. The van der Waals surface area contributed by atoms with Crippen LogP contribution in [0.2, 0.25) is 0 Å². The minimum Gasteiger partial charge on any atom is -0.0622 e. The molecule has 2 rings (SSSR count). The first-order valence-corrected chi connectivity index (χ1v) is 4.57. The van der Waals surface area contributed by atoms with Gasteiger partial charge in [-0.25, -0.2) is 0 Å². The molecule has 0 spiro atoms. The van der Waals surface area contributed by atoms with Gasteiger partial charge in [-0.3, -0.25) is 0 Å². The van der Waals surface area contributed by atoms with E-state index in [2.05, 4.69) is 20.3 Å². The van der Waals surface area contributed by atoms with Crippen molar-refractivity contribution in [2.75, 3.05) is 0 Å². The number of hydrogen-bond acceptors (Lipinski definition) is 0. The molecule has 0 aromatic heterocycles. The molecule has 0 saturated heterocycles. The maximum Gasteiger partial charge on any atom is -0.0240 e. The predicted molar refractivity (Wildman–Crippen MR) is 43.5 cm³/mol. The molecule has 2 fully saturated rings. The summed E-state index contributed by atoms with van der Waals surface area (Å²) in [7, 11) is 0. The summed E-state index contributed by atoms with van der Waals surface area (Å²) in [6.45, 7) is 4.76. The van der Waals surface area contributed by atoms with Crippen molar-refractivity contribution < 1.29 is 0 Å². The van der Waals surface area contributed by atoms with E-state index >= 15 is 0 Å². The van der Waals surface area contributed by atoms with Gasteiger partial charge in [-0.1, -0.05) is 13.8 Å². The van der Waals surface area contributed by atoms with Gasteiger partial charge in [-0.05, 0) is 49.4 Å². The van der Waals surface area contributed by atoms with E-state index in [0.717, 1.165) is 11.8 Å². The van der Waals surface area contributed by atoms with E-state index in [1.54, 1.807) is 0 Å². The Kier molecular flexibility index (Phi) is 1.33. The summed E-state index contributed by atoms with van der Waals surface area (Å²) in [5, 5.41) is 0. The highest BCUT2D eigenvalue weighted by Crippen LogP contribution is 2.57. The zero-order valence-electron chi connectivity index (χ0n) is 7.06. The van der Waals surface area contributed by atoms with Crippen molar-refractivity contribution in [2.45, 2.75) is 39.5 Å². The van der Waals surface area contributed by atoms with Crippen molar-refractivity contribution in [2.24, 2.45) is 17.3 Å². The fourth-order valence-electron chi connectivity index (χ4n) is 2.76. The Labute approximate surface area is 64.0 Å². The van der Waals surface area contributed by atoms with E-state index in [-0.39, 0.29) is 0 Å². The minimum absolute atomic E-state index is 0.685. The van der Waals surface area contributed by atoms with Gasteiger partial charge in [0.1, 0.15) is 0 Å². The van der Waals surface area contributed by atoms with Crippen LogP contribution in [0.25, 0.3) is 0 Å². The summed E-state index contributed by atoms with van der Waals surface area (Å²) in [6.07, 6.45) is 8.51. The van der Waals surface area contributed by atoms with Crippen LogP contribution in [0.4, 0.5) is 0 Å². The summed E-state index contributed by atoms with van der Waals surface area (Å²) >= 11 is 0. The van der Waals surface area contributed by atoms with Crippen molar-refractivity contribution in [3.63, 3.8) is 0 Å². The lowest BCUT2D eigenvalue weighted by atomic mass is 9.75. The van der Waals surface area contributed by atoms with Gasteiger partial charge in [0.05, 0.1) is 0 Å². The maximum atomic E-state index is 2.60. The lowest BCUT2D eigenvalue weighted by Crippen LogP contribution is -2.21. The number of fused-ring (bicyclic) bond motifs is 2. The molecule has 0 amide bonds. The molecular formula is C10H17. The summed E-state index contributed by atoms with van der Waals surface area (Å²) in [4.78, 5) is 0. The van der Waals surface area contributed by atoms with E-state index in [1.807, 2.05) is 0 Å². The smallest absolute Gasteiger partial charge is 0.0240 e. The Morgan fingerprint density at radius 3 is 2.50 bits per heavy atom. The summed E-state index contributed by atoms with van der Waals surface area (Å²) in [6, 6.07) is 0. The topological polar surface area (TPSA) is 0 Å². The lowest BCUT2D eigenvalue weighted by Gasteiger charge is -2.30. The molecule has 0 nitrogen and oxygen atoms in total. The Balaban J connectivity index is 2.15. The van der Waals surface area contributed by atoms with Crippen LogP contribution >= 0.6 is 0 Å². The van der Waals surface area contributed by atoms with E-state index in [9.17, 15) is 0 Å². The first kappa shape index (κ1) is 6.69. The van der Waals surface area contributed by atoms with E-state index in [1.165, 1.54) is 25.7 Å². The first-order chi connectivity index (χ1) is 4.73. The van der Waals surface area contributed by atoms with Gasteiger partial charge in [0.2, 0.25) is 0 Å². The second-order valence-electron chi connectivity index (χ2n) is 4.44. The molecule has 2 aliphatic carbocycles. The van der Waals surface area contributed by atoms with Crippen LogP contribution < -0.4 is 0 Å². The second-order valence-corrected chi connectivity index (χ2v) is 4.44. The fourth-order valence-corrected chi connectivity index (χ4v) is 2.76. The van der Waals surface area contributed by atoms with Gasteiger partial charge < -0.3 is 0 Å². The van der Waals surface area contributed by atoms with Gasteiger partial charge in [-0.15, -0.1) is 0 Å². The second kappa shape index (κ2) is 1.99. The Bertz CT molecular complexity index is 127. The molecule has 2 aliphatic rings. The SMILES string of the molecule is CC(C)C12[CH]CC(CC1)C2. The normalized spacial score (nSPS) is 45.3. The molecule has 0 N–H and O–H groups in total. The quantitative estimate of drug-likeness (QED) is 0.521. The van der Waals surface area contributed by atoms with Crippen LogP contribution in [0.5, 0.6) is 0 Å². The first-order valence-electron chi connectivity index (χ1n) is 4.57. The standard InChI is InChI=1S/C10H17/c1-8(2)10-5-3-9(7-10)4-6-10/h5,8-9H,3-4,6-7H2,1-2H3. The molecule has 10 heavy (non-hydrogen) atoms. The Morgan fingerprint density at radius 1 is 1.50 bits per heavy atom. The number of hydrogen-bond donors (Lipinski definition) is 0. The highest BCUT2D eigenvalue weighted by Gasteiger charge is 2.46. The summed E-state index contributed by atoms with van der Waals surface area (Å²) in [5.41, 5.74) is 0.685. The zero-order chi connectivity index (χ0) is 7.19. The molecule has 2 unspecified atom stereocenters. The monoisotopic (exact) mass is 137 g/mol. The molecule has 2 saturated carbocycles. The minimum atomic E-state index is 0.685. The van der Waals surface area contributed by atoms with E-state index in [0.29, 0.717) is 5.41 Å². The summed E-state index contributed by atoms with van der Waals surface area (Å²) < 4.78 is 0. The Hall–Kier alpha value is 0. The molecule has 0 heterocycles. The van der Waals surface area contributed by atoms with E-state index in [4.69, 9.17) is 0 Å².